The lowest BCUT2D eigenvalue weighted by Gasteiger charge is -2.12. The molecule has 3 aromatic carbocycles. The zero-order valence-corrected chi connectivity index (χ0v) is 23.2. The number of esters is 3. The van der Waals surface area contributed by atoms with Crippen molar-refractivity contribution in [3.63, 3.8) is 0 Å². The summed E-state index contributed by atoms with van der Waals surface area (Å²) in [7, 11) is 0. The highest BCUT2D eigenvalue weighted by Crippen LogP contribution is 2.23. The van der Waals surface area contributed by atoms with Crippen LogP contribution in [0.3, 0.4) is 0 Å². The van der Waals surface area contributed by atoms with E-state index in [0.29, 0.717) is 11.4 Å². The average molecular weight is 584 g/mol. The van der Waals surface area contributed by atoms with Crippen molar-refractivity contribution in [2.45, 2.75) is 20.8 Å². The number of nitrogens with zero attached hydrogens (tertiary/aromatic N) is 2. The predicted octanol–water partition coefficient (Wildman–Crippen LogP) is 4.50. The molecule has 0 bridgehead atoms. The summed E-state index contributed by atoms with van der Waals surface area (Å²) in [6.07, 6.45) is 0. The molecule has 4 rings (SSSR count). The molecule has 13 nitrogen and oxygen atoms in total. The van der Waals surface area contributed by atoms with Crippen LogP contribution in [0.15, 0.2) is 78.9 Å². The fourth-order valence-electron chi connectivity index (χ4n) is 3.59. The van der Waals surface area contributed by atoms with Gasteiger partial charge in [-0.3, -0.25) is 29.3 Å². The number of ether oxygens (including phenoxy) is 3. The average Bonchev–Trinajstić information content (AvgIpc) is 2.94. The smallest absolute Gasteiger partial charge is 0.308 e. The highest BCUT2D eigenvalue weighted by atomic mass is 16.5. The molecule has 0 saturated heterocycles. The second-order valence-corrected chi connectivity index (χ2v) is 8.85. The van der Waals surface area contributed by atoms with Crippen LogP contribution in [0.25, 0.3) is 0 Å². The van der Waals surface area contributed by atoms with Crippen LogP contribution >= 0.6 is 0 Å². The molecule has 0 saturated carbocycles. The Morgan fingerprint density at radius 2 is 0.930 bits per heavy atom. The number of amides is 2. The molecule has 0 fully saturated rings. The van der Waals surface area contributed by atoms with Crippen LogP contribution in [-0.4, -0.2) is 39.7 Å². The van der Waals surface area contributed by atoms with Crippen LogP contribution in [0, 0.1) is 0 Å². The summed E-state index contributed by atoms with van der Waals surface area (Å²) < 4.78 is 15.0. The largest absolute Gasteiger partial charge is 0.427 e. The number of rotatable bonds is 9. The molecular weight excluding hydrogens is 558 g/mol. The molecule has 0 aliphatic rings. The first-order valence-corrected chi connectivity index (χ1v) is 12.7. The standard InChI is InChI=1S/C30H25N5O8/c1-17(36)41-23-10-4-20(5-11-23)28(39)32-27-16-26(31-22-8-14-25(15-9-22)43-19(3)38)33-30(34-27)35-29(40)21-6-12-24(13-7-21)42-18(2)37/h4-16H,1-3H3,(H3,31,32,33,34,35,39,40). The quantitative estimate of drug-likeness (QED) is 0.187. The van der Waals surface area contributed by atoms with Crippen molar-refractivity contribution in [2.24, 2.45) is 0 Å². The van der Waals surface area contributed by atoms with E-state index in [-0.39, 0.29) is 40.2 Å². The molecule has 0 aliphatic carbocycles. The van der Waals surface area contributed by atoms with Gasteiger partial charge in [-0.05, 0) is 72.8 Å². The van der Waals surface area contributed by atoms with E-state index in [1.54, 1.807) is 24.3 Å². The summed E-state index contributed by atoms with van der Waals surface area (Å²) in [5.41, 5.74) is 1.05. The van der Waals surface area contributed by atoms with Gasteiger partial charge in [0.2, 0.25) is 5.95 Å². The number of benzene rings is 3. The van der Waals surface area contributed by atoms with Crippen molar-refractivity contribution in [3.8, 4) is 17.2 Å². The van der Waals surface area contributed by atoms with Crippen LogP contribution in [0.4, 0.5) is 23.3 Å². The minimum Gasteiger partial charge on any atom is -0.427 e. The van der Waals surface area contributed by atoms with Gasteiger partial charge in [0.25, 0.3) is 11.8 Å². The van der Waals surface area contributed by atoms with Gasteiger partial charge >= 0.3 is 17.9 Å². The third kappa shape index (κ3) is 8.94. The van der Waals surface area contributed by atoms with Crippen LogP contribution < -0.4 is 30.2 Å². The van der Waals surface area contributed by atoms with Gasteiger partial charge in [-0.1, -0.05) is 0 Å². The molecule has 2 amide bonds. The lowest BCUT2D eigenvalue weighted by Crippen LogP contribution is -2.17. The number of hydrogen-bond donors (Lipinski definition) is 3. The maximum absolute atomic E-state index is 12.9. The Morgan fingerprint density at radius 1 is 0.535 bits per heavy atom. The second-order valence-electron chi connectivity index (χ2n) is 8.85. The third-order valence-electron chi connectivity index (χ3n) is 5.34. The van der Waals surface area contributed by atoms with Crippen LogP contribution in [0.1, 0.15) is 41.5 Å². The first-order chi connectivity index (χ1) is 20.5. The Balaban J connectivity index is 1.57. The monoisotopic (exact) mass is 583 g/mol. The minimum absolute atomic E-state index is 0.0589. The van der Waals surface area contributed by atoms with Gasteiger partial charge in [-0.25, -0.2) is 0 Å². The number of carbonyl (C=O) groups is 5. The van der Waals surface area contributed by atoms with Crippen LogP contribution in [0.5, 0.6) is 17.2 Å². The normalized spacial score (nSPS) is 10.2. The minimum atomic E-state index is -0.560. The number of aromatic nitrogens is 2. The maximum atomic E-state index is 12.9. The fraction of sp³-hybridized carbons (Fsp3) is 0.100. The molecule has 0 spiro atoms. The molecule has 13 heteroatoms. The van der Waals surface area contributed by atoms with Gasteiger partial charge in [-0.2, -0.15) is 9.97 Å². The van der Waals surface area contributed by atoms with E-state index < -0.39 is 29.7 Å². The maximum Gasteiger partial charge on any atom is 0.308 e. The van der Waals surface area contributed by atoms with Gasteiger partial charge < -0.3 is 24.8 Å². The van der Waals surface area contributed by atoms with Gasteiger partial charge in [0.1, 0.15) is 28.9 Å². The van der Waals surface area contributed by atoms with Crippen LogP contribution in [0.2, 0.25) is 0 Å². The molecule has 218 valence electrons. The first-order valence-electron chi connectivity index (χ1n) is 12.7. The summed E-state index contributed by atoms with van der Waals surface area (Å²) in [4.78, 5) is 68.0. The van der Waals surface area contributed by atoms with E-state index in [0.717, 1.165) is 0 Å². The number of anilines is 4. The van der Waals surface area contributed by atoms with E-state index in [9.17, 15) is 24.0 Å². The zero-order chi connectivity index (χ0) is 30.9. The molecule has 3 N–H and O–H groups in total. The van der Waals surface area contributed by atoms with Gasteiger partial charge in [0.05, 0.1) is 0 Å². The Kier molecular flexibility index (Phi) is 9.37. The van der Waals surface area contributed by atoms with Crippen molar-refractivity contribution in [1.82, 2.24) is 9.97 Å². The van der Waals surface area contributed by atoms with E-state index in [2.05, 4.69) is 25.9 Å². The van der Waals surface area contributed by atoms with E-state index >= 15 is 0 Å². The Labute approximate surface area is 245 Å². The Hall–Kier alpha value is -6.11. The molecule has 1 aromatic heterocycles. The zero-order valence-electron chi connectivity index (χ0n) is 23.2. The fourth-order valence-corrected chi connectivity index (χ4v) is 3.59. The number of carbonyl (C=O) groups excluding carboxylic acids is 5. The van der Waals surface area contributed by atoms with Crippen molar-refractivity contribution in [1.29, 1.82) is 0 Å². The Bertz CT molecular complexity index is 1580. The highest BCUT2D eigenvalue weighted by molar-refractivity contribution is 6.05. The van der Waals surface area contributed by atoms with Gasteiger partial charge in [0, 0.05) is 43.7 Å². The SMILES string of the molecule is CC(=O)Oc1ccc(Nc2cc(NC(=O)c3ccc(OC(C)=O)cc3)nc(NC(=O)c3ccc(OC(C)=O)cc3)n2)cc1. The molecule has 43 heavy (non-hydrogen) atoms. The molecule has 0 atom stereocenters. The summed E-state index contributed by atoms with van der Waals surface area (Å²) in [6.45, 7) is 3.83. The van der Waals surface area contributed by atoms with Crippen LogP contribution in [-0.2, 0) is 14.4 Å². The second kappa shape index (κ2) is 13.5. The van der Waals surface area contributed by atoms with Crippen molar-refractivity contribution in [2.75, 3.05) is 16.0 Å². The number of hydrogen-bond acceptors (Lipinski definition) is 11. The summed E-state index contributed by atoms with van der Waals surface area (Å²) in [5.74, 6) is -1.48. The van der Waals surface area contributed by atoms with Crippen molar-refractivity contribution < 1.29 is 38.2 Å². The third-order valence-corrected chi connectivity index (χ3v) is 5.34. The lowest BCUT2D eigenvalue weighted by molar-refractivity contribution is -0.132. The van der Waals surface area contributed by atoms with E-state index in [4.69, 9.17) is 14.2 Å². The molecule has 0 unspecified atom stereocenters. The highest BCUT2D eigenvalue weighted by Gasteiger charge is 2.14. The summed E-state index contributed by atoms with van der Waals surface area (Å²) >= 11 is 0. The number of nitrogens with one attached hydrogen (secondary N) is 3. The van der Waals surface area contributed by atoms with Gasteiger partial charge in [-0.15, -0.1) is 0 Å². The summed E-state index contributed by atoms with van der Waals surface area (Å²) in [5, 5.41) is 8.30. The lowest BCUT2D eigenvalue weighted by atomic mass is 10.2. The Morgan fingerprint density at radius 3 is 1.37 bits per heavy atom. The molecular formula is C30H25N5O8. The van der Waals surface area contributed by atoms with E-state index in [1.807, 2.05) is 0 Å². The van der Waals surface area contributed by atoms with E-state index in [1.165, 1.54) is 75.4 Å². The van der Waals surface area contributed by atoms with Crippen molar-refractivity contribution in [3.05, 3.63) is 90.0 Å². The topological polar surface area (TPSA) is 175 Å². The molecule has 0 aliphatic heterocycles. The van der Waals surface area contributed by atoms with Gasteiger partial charge in [0.15, 0.2) is 0 Å². The molecule has 4 aromatic rings. The summed E-state index contributed by atoms with van der Waals surface area (Å²) in [6, 6.07) is 19.6. The van der Waals surface area contributed by atoms with Crippen molar-refractivity contribution >= 4 is 53.0 Å². The predicted molar refractivity (Wildman–Crippen MR) is 154 cm³/mol. The molecule has 0 radical (unpaired) electrons. The molecule has 1 heterocycles. The first kappa shape index (κ1) is 29.9.